The summed E-state index contributed by atoms with van der Waals surface area (Å²) in [5, 5.41) is 0. The lowest BCUT2D eigenvalue weighted by Crippen LogP contribution is -2.48. The number of amides is 1. The average Bonchev–Trinajstić information content (AvgIpc) is 2.38. The number of piperidine rings is 1. The van der Waals surface area contributed by atoms with Crippen LogP contribution in [0.4, 0.5) is 0 Å². The number of carbonyl (C=O) groups excluding carboxylic acids is 1. The van der Waals surface area contributed by atoms with E-state index in [-0.39, 0.29) is 0 Å². The highest BCUT2D eigenvalue weighted by atomic mass is 16.2. The van der Waals surface area contributed by atoms with Gasteiger partial charge in [0.25, 0.3) is 0 Å². The van der Waals surface area contributed by atoms with Gasteiger partial charge in [0, 0.05) is 25.6 Å². The topological polar surface area (TPSA) is 46.3 Å². The van der Waals surface area contributed by atoms with E-state index < -0.39 is 0 Å². The number of nitrogens with two attached hydrogens (primary N) is 1. The molecule has 3 nitrogen and oxygen atoms in total. The maximum Gasteiger partial charge on any atom is 0.223 e. The molecule has 0 radical (unpaired) electrons. The molecule has 104 valence electrons. The van der Waals surface area contributed by atoms with Crippen molar-refractivity contribution in [3.8, 4) is 0 Å². The number of nitrogens with zero attached hydrogens (tertiary/aromatic N) is 1. The Morgan fingerprint density at radius 2 is 2.06 bits per heavy atom. The zero-order chi connectivity index (χ0) is 13.0. The van der Waals surface area contributed by atoms with Crippen LogP contribution in [0.3, 0.4) is 0 Å². The van der Waals surface area contributed by atoms with Crippen molar-refractivity contribution in [2.45, 2.75) is 64.3 Å². The second-order valence-corrected chi connectivity index (χ2v) is 6.31. The van der Waals surface area contributed by atoms with Crippen molar-refractivity contribution in [1.82, 2.24) is 4.90 Å². The number of rotatable bonds is 3. The van der Waals surface area contributed by atoms with Gasteiger partial charge in [-0.3, -0.25) is 4.79 Å². The first kappa shape index (κ1) is 13.9. The molecule has 3 atom stereocenters. The molecule has 1 saturated heterocycles. The fourth-order valence-corrected chi connectivity index (χ4v) is 3.68. The van der Waals surface area contributed by atoms with Gasteiger partial charge in [0.1, 0.15) is 0 Å². The SMILES string of the molecule is CC1CCCC(CC(=O)N2CCCCC2CN)C1. The first-order valence-corrected chi connectivity index (χ1v) is 7.70. The molecule has 1 aliphatic heterocycles. The molecule has 0 aromatic carbocycles. The lowest BCUT2D eigenvalue weighted by Gasteiger charge is -2.36. The molecule has 2 aliphatic rings. The van der Waals surface area contributed by atoms with Crippen molar-refractivity contribution in [3.05, 3.63) is 0 Å². The molecular formula is C15H28N2O. The van der Waals surface area contributed by atoms with Crippen LogP contribution in [-0.4, -0.2) is 29.9 Å². The first-order chi connectivity index (χ1) is 8.70. The third-order valence-electron chi connectivity index (χ3n) is 4.73. The molecule has 1 aliphatic carbocycles. The van der Waals surface area contributed by atoms with Crippen LogP contribution in [0, 0.1) is 11.8 Å². The second kappa shape index (κ2) is 6.55. The molecule has 0 aromatic rings. The summed E-state index contributed by atoms with van der Waals surface area (Å²) < 4.78 is 0. The van der Waals surface area contributed by atoms with Gasteiger partial charge in [0.2, 0.25) is 5.91 Å². The van der Waals surface area contributed by atoms with E-state index in [4.69, 9.17) is 5.73 Å². The Hall–Kier alpha value is -0.570. The molecule has 1 saturated carbocycles. The molecule has 2 N–H and O–H groups in total. The molecule has 1 amide bonds. The van der Waals surface area contributed by atoms with Crippen molar-refractivity contribution >= 4 is 5.91 Å². The van der Waals surface area contributed by atoms with E-state index >= 15 is 0 Å². The predicted molar refractivity (Wildman–Crippen MR) is 74.1 cm³/mol. The first-order valence-electron chi connectivity index (χ1n) is 7.70. The summed E-state index contributed by atoms with van der Waals surface area (Å²) in [6.45, 7) is 3.88. The van der Waals surface area contributed by atoms with Gasteiger partial charge in [-0.1, -0.05) is 19.8 Å². The van der Waals surface area contributed by atoms with Crippen LogP contribution >= 0.6 is 0 Å². The number of hydrogen-bond donors (Lipinski definition) is 1. The van der Waals surface area contributed by atoms with Gasteiger partial charge < -0.3 is 10.6 Å². The van der Waals surface area contributed by atoms with E-state index in [9.17, 15) is 4.79 Å². The van der Waals surface area contributed by atoms with Crippen LogP contribution in [0.15, 0.2) is 0 Å². The van der Waals surface area contributed by atoms with Gasteiger partial charge in [-0.2, -0.15) is 0 Å². The number of hydrogen-bond acceptors (Lipinski definition) is 2. The van der Waals surface area contributed by atoms with Crippen LogP contribution in [0.5, 0.6) is 0 Å². The Morgan fingerprint density at radius 1 is 1.22 bits per heavy atom. The number of likely N-dealkylation sites (tertiary alicyclic amines) is 1. The van der Waals surface area contributed by atoms with Gasteiger partial charge in [0.15, 0.2) is 0 Å². The molecule has 3 heteroatoms. The molecular weight excluding hydrogens is 224 g/mol. The molecule has 18 heavy (non-hydrogen) atoms. The molecule has 2 rings (SSSR count). The Morgan fingerprint density at radius 3 is 2.78 bits per heavy atom. The minimum atomic E-state index is 0.312. The highest BCUT2D eigenvalue weighted by Crippen LogP contribution is 2.31. The normalized spacial score (nSPS) is 33.4. The summed E-state index contributed by atoms with van der Waals surface area (Å²) in [5.74, 6) is 1.80. The molecule has 2 fully saturated rings. The van der Waals surface area contributed by atoms with E-state index in [1.165, 1.54) is 32.1 Å². The molecule has 0 aromatic heterocycles. The summed E-state index contributed by atoms with van der Waals surface area (Å²) in [4.78, 5) is 14.5. The maximum atomic E-state index is 12.4. The van der Waals surface area contributed by atoms with Gasteiger partial charge in [0.05, 0.1) is 0 Å². The van der Waals surface area contributed by atoms with Crippen LogP contribution in [0.2, 0.25) is 0 Å². The van der Waals surface area contributed by atoms with Crippen molar-refractivity contribution in [2.75, 3.05) is 13.1 Å². The Kier molecular flexibility index (Phi) is 5.04. The van der Waals surface area contributed by atoms with Crippen molar-refractivity contribution < 1.29 is 4.79 Å². The van der Waals surface area contributed by atoms with Gasteiger partial charge in [-0.05, 0) is 43.9 Å². The van der Waals surface area contributed by atoms with Gasteiger partial charge in [-0.15, -0.1) is 0 Å². The lowest BCUT2D eigenvalue weighted by atomic mass is 9.80. The standard InChI is InChI=1S/C15H28N2O/c1-12-5-4-6-13(9-12)10-15(18)17-8-3-2-7-14(17)11-16/h12-14H,2-11,16H2,1H3. The van der Waals surface area contributed by atoms with Gasteiger partial charge in [-0.25, -0.2) is 0 Å². The maximum absolute atomic E-state index is 12.4. The summed E-state index contributed by atoms with van der Waals surface area (Å²) >= 11 is 0. The Balaban J connectivity index is 1.85. The number of carbonyl (C=O) groups is 1. The van der Waals surface area contributed by atoms with Crippen molar-refractivity contribution in [1.29, 1.82) is 0 Å². The smallest absolute Gasteiger partial charge is 0.223 e. The average molecular weight is 252 g/mol. The third kappa shape index (κ3) is 3.47. The molecule has 0 bridgehead atoms. The third-order valence-corrected chi connectivity index (χ3v) is 4.73. The minimum Gasteiger partial charge on any atom is -0.338 e. The Labute approximate surface area is 111 Å². The molecule has 3 unspecified atom stereocenters. The fraction of sp³-hybridized carbons (Fsp3) is 0.933. The fourth-order valence-electron chi connectivity index (χ4n) is 3.68. The largest absolute Gasteiger partial charge is 0.338 e. The van der Waals surface area contributed by atoms with Crippen molar-refractivity contribution in [3.63, 3.8) is 0 Å². The highest BCUT2D eigenvalue weighted by molar-refractivity contribution is 5.77. The summed E-state index contributed by atoms with van der Waals surface area (Å²) in [6.07, 6.45) is 9.39. The monoisotopic (exact) mass is 252 g/mol. The lowest BCUT2D eigenvalue weighted by molar-refractivity contribution is -0.136. The second-order valence-electron chi connectivity index (χ2n) is 6.31. The predicted octanol–water partition coefficient (Wildman–Crippen LogP) is 2.54. The van der Waals surface area contributed by atoms with E-state index in [2.05, 4.69) is 11.8 Å². The highest BCUT2D eigenvalue weighted by Gasteiger charge is 2.28. The summed E-state index contributed by atoms with van der Waals surface area (Å²) in [7, 11) is 0. The van der Waals surface area contributed by atoms with E-state index in [0.29, 0.717) is 24.4 Å². The van der Waals surface area contributed by atoms with Crippen LogP contribution in [-0.2, 0) is 4.79 Å². The zero-order valence-electron chi connectivity index (χ0n) is 11.7. The quantitative estimate of drug-likeness (QED) is 0.839. The van der Waals surface area contributed by atoms with Crippen LogP contribution in [0.1, 0.15) is 58.3 Å². The minimum absolute atomic E-state index is 0.312. The summed E-state index contributed by atoms with van der Waals surface area (Å²) in [6, 6.07) is 0.312. The van der Waals surface area contributed by atoms with E-state index in [1.807, 2.05) is 0 Å². The van der Waals surface area contributed by atoms with Crippen molar-refractivity contribution in [2.24, 2.45) is 17.6 Å². The summed E-state index contributed by atoms with van der Waals surface area (Å²) in [5.41, 5.74) is 5.79. The zero-order valence-corrected chi connectivity index (χ0v) is 11.7. The molecule has 0 spiro atoms. The Bertz CT molecular complexity index is 280. The van der Waals surface area contributed by atoms with E-state index in [0.717, 1.165) is 31.7 Å². The van der Waals surface area contributed by atoms with Crippen LogP contribution in [0.25, 0.3) is 0 Å². The van der Waals surface area contributed by atoms with E-state index in [1.54, 1.807) is 0 Å². The molecule has 1 heterocycles. The van der Waals surface area contributed by atoms with Crippen LogP contribution < -0.4 is 5.73 Å². The van der Waals surface area contributed by atoms with Gasteiger partial charge >= 0.3 is 0 Å².